The zero-order chi connectivity index (χ0) is 23.4. The Balaban J connectivity index is 1.53. The van der Waals surface area contributed by atoms with Gasteiger partial charge in [-0.3, -0.25) is 9.59 Å². The van der Waals surface area contributed by atoms with Crippen molar-refractivity contribution in [3.8, 4) is 11.1 Å². The summed E-state index contributed by atoms with van der Waals surface area (Å²) in [6.45, 7) is 0. The van der Waals surface area contributed by atoms with Gasteiger partial charge in [0.2, 0.25) is 0 Å². The van der Waals surface area contributed by atoms with Gasteiger partial charge >= 0.3 is 11.9 Å². The number of amidine groups is 1. The van der Waals surface area contributed by atoms with Crippen molar-refractivity contribution in [3.05, 3.63) is 94.4 Å². The molecule has 1 saturated heterocycles. The molecule has 33 heavy (non-hydrogen) atoms. The molecule has 1 amide bonds. The van der Waals surface area contributed by atoms with E-state index in [1.807, 2.05) is 54.6 Å². The van der Waals surface area contributed by atoms with E-state index in [4.69, 9.17) is 5.11 Å². The van der Waals surface area contributed by atoms with Gasteiger partial charge in [-0.2, -0.15) is 0 Å². The average molecular weight is 458 g/mol. The van der Waals surface area contributed by atoms with Crippen molar-refractivity contribution >= 4 is 46.5 Å². The molecule has 0 unspecified atom stereocenters. The van der Waals surface area contributed by atoms with Gasteiger partial charge in [0.05, 0.1) is 22.6 Å². The molecule has 4 rings (SSSR count). The Labute approximate surface area is 193 Å². The van der Waals surface area contributed by atoms with Crippen molar-refractivity contribution in [2.24, 2.45) is 4.99 Å². The van der Waals surface area contributed by atoms with Crippen LogP contribution in [0.3, 0.4) is 0 Å². The first-order chi connectivity index (χ1) is 15.9. The fraction of sp³-hybridized carbons (Fsp3) is 0.0400. The van der Waals surface area contributed by atoms with E-state index in [0.29, 0.717) is 15.8 Å². The van der Waals surface area contributed by atoms with Crippen molar-refractivity contribution in [1.82, 2.24) is 5.32 Å². The third-order valence-corrected chi connectivity index (χ3v) is 5.77. The molecule has 7 nitrogen and oxygen atoms in total. The molecule has 1 aliphatic heterocycles. The van der Waals surface area contributed by atoms with Crippen LogP contribution in [-0.4, -0.2) is 33.2 Å². The largest absolute Gasteiger partial charge is 0.481 e. The Morgan fingerprint density at radius 3 is 2.30 bits per heavy atom. The Kier molecular flexibility index (Phi) is 6.37. The lowest BCUT2D eigenvalue weighted by Gasteiger charge is -2.05. The first-order valence-electron chi connectivity index (χ1n) is 9.92. The highest BCUT2D eigenvalue weighted by Gasteiger charge is 2.24. The number of aromatic carboxylic acids is 1. The van der Waals surface area contributed by atoms with Crippen LogP contribution in [-0.2, 0) is 16.0 Å². The zero-order valence-electron chi connectivity index (χ0n) is 17.2. The number of carbonyl (C=O) groups is 3. The number of hydrogen-bond acceptors (Lipinski definition) is 5. The van der Waals surface area contributed by atoms with Gasteiger partial charge in [-0.25, -0.2) is 9.79 Å². The molecule has 3 N–H and O–H groups in total. The maximum atomic E-state index is 12.4. The Morgan fingerprint density at radius 2 is 1.64 bits per heavy atom. The smallest absolute Gasteiger partial charge is 0.336 e. The minimum absolute atomic E-state index is 0.136. The van der Waals surface area contributed by atoms with E-state index in [9.17, 15) is 19.5 Å². The fourth-order valence-corrected chi connectivity index (χ4v) is 4.14. The van der Waals surface area contributed by atoms with E-state index >= 15 is 0 Å². The molecule has 1 fully saturated rings. The quantitative estimate of drug-likeness (QED) is 0.466. The van der Waals surface area contributed by atoms with Crippen LogP contribution >= 0.6 is 11.8 Å². The second kappa shape index (κ2) is 9.54. The molecule has 1 aliphatic rings. The summed E-state index contributed by atoms with van der Waals surface area (Å²) in [4.78, 5) is 39.6. The zero-order valence-corrected chi connectivity index (χ0v) is 18.0. The Hall–Kier alpha value is -4.17. The summed E-state index contributed by atoms with van der Waals surface area (Å²) in [6.07, 6.45) is 1.36. The predicted octanol–water partition coefficient (Wildman–Crippen LogP) is 4.57. The lowest BCUT2D eigenvalue weighted by Crippen LogP contribution is -2.19. The molecule has 0 bridgehead atoms. The third-order valence-electron chi connectivity index (χ3n) is 4.86. The highest BCUT2D eigenvalue weighted by atomic mass is 32.2. The van der Waals surface area contributed by atoms with Gasteiger partial charge in [0, 0.05) is 0 Å². The van der Waals surface area contributed by atoms with Crippen LogP contribution in [0.2, 0.25) is 0 Å². The van der Waals surface area contributed by atoms with Crippen molar-refractivity contribution in [2.75, 3.05) is 0 Å². The molecule has 0 spiro atoms. The lowest BCUT2D eigenvalue weighted by atomic mass is 10.0. The van der Waals surface area contributed by atoms with Gasteiger partial charge < -0.3 is 15.5 Å². The van der Waals surface area contributed by atoms with Crippen LogP contribution in [0.5, 0.6) is 0 Å². The van der Waals surface area contributed by atoms with Crippen LogP contribution in [0, 0.1) is 0 Å². The fourth-order valence-electron chi connectivity index (χ4n) is 3.30. The first kappa shape index (κ1) is 22.0. The van der Waals surface area contributed by atoms with Crippen LogP contribution in [0.4, 0.5) is 5.69 Å². The molecule has 0 saturated carbocycles. The second-order valence-electron chi connectivity index (χ2n) is 7.19. The normalized spacial score (nSPS) is 15.6. The number of nitrogens with zero attached hydrogens (tertiary/aromatic N) is 1. The molecule has 0 aliphatic carbocycles. The van der Waals surface area contributed by atoms with E-state index in [1.165, 1.54) is 18.2 Å². The van der Waals surface area contributed by atoms with E-state index < -0.39 is 18.4 Å². The summed E-state index contributed by atoms with van der Waals surface area (Å²) in [7, 11) is 0. The number of hydrogen-bond donors (Lipinski definition) is 3. The van der Waals surface area contributed by atoms with Gasteiger partial charge in [0.25, 0.3) is 5.91 Å². The SMILES string of the molecule is O=C(O)Cc1ccc(N=C2NC(=O)C(=Cc3ccc(-c4ccccc4)cc3)S2)cc1C(=O)O. The number of amides is 1. The van der Waals surface area contributed by atoms with Crippen LogP contribution in [0.15, 0.2) is 82.7 Å². The number of benzene rings is 3. The number of nitrogens with one attached hydrogen (secondary N) is 1. The standard InChI is InChI=1S/C25H18N2O5S/c28-22(29)13-18-10-11-19(14-20(18)24(31)32)26-25-27-23(30)21(33-25)12-15-6-8-17(9-7-15)16-4-2-1-3-5-16/h1-12,14H,13H2,(H,28,29)(H,31,32)(H,26,27,30). The monoisotopic (exact) mass is 458 g/mol. The van der Waals surface area contributed by atoms with E-state index in [-0.39, 0.29) is 17.0 Å². The van der Waals surface area contributed by atoms with Gasteiger partial charge in [0.1, 0.15) is 0 Å². The number of carbonyl (C=O) groups excluding carboxylic acids is 1. The van der Waals surface area contributed by atoms with Crippen molar-refractivity contribution in [3.63, 3.8) is 0 Å². The van der Waals surface area contributed by atoms with Crippen LogP contribution < -0.4 is 5.32 Å². The molecule has 1 heterocycles. The molecule has 8 heteroatoms. The maximum absolute atomic E-state index is 12.4. The summed E-state index contributed by atoms with van der Waals surface area (Å²) < 4.78 is 0. The number of aliphatic carboxylic acids is 1. The molecule has 0 radical (unpaired) electrons. The number of aliphatic imine (C=N–C) groups is 1. The minimum atomic E-state index is -1.24. The summed E-state index contributed by atoms with van der Waals surface area (Å²) in [5.41, 5.74) is 3.39. The lowest BCUT2D eigenvalue weighted by molar-refractivity contribution is -0.136. The topological polar surface area (TPSA) is 116 Å². The van der Waals surface area contributed by atoms with Gasteiger partial charge in [-0.15, -0.1) is 0 Å². The van der Waals surface area contributed by atoms with Crippen LogP contribution in [0.25, 0.3) is 17.2 Å². The molecular formula is C25H18N2O5S. The predicted molar refractivity (Wildman–Crippen MR) is 127 cm³/mol. The van der Waals surface area contributed by atoms with Crippen molar-refractivity contribution < 1.29 is 24.6 Å². The maximum Gasteiger partial charge on any atom is 0.336 e. The Bertz CT molecular complexity index is 1300. The van der Waals surface area contributed by atoms with E-state index in [0.717, 1.165) is 28.5 Å². The van der Waals surface area contributed by atoms with E-state index in [1.54, 1.807) is 6.08 Å². The molecule has 0 atom stereocenters. The highest BCUT2D eigenvalue weighted by molar-refractivity contribution is 8.18. The summed E-state index contributed by atoms with van der Waals surface area (Å²) in [6, 6.07) is 22.0. The number of carboxylic acid groups (broad SMARTS) is 2. The van der Waals surface area contributed by atoms with Gasteiger partial charge in [0.15, 0.2) is 5.17 Å². The first-order valence-corrected chi connectivity index (χ1v) is 10.7. The molecule has 3 aromatic rings. The van der Waals surface area contributed by atoms with Gasteiger partial charge in [-0.05, 0) is 52.2 Å². The summed E-state index contributed by atoms with van der Waals surface area (Å²) in [5.74, 6) is -2.66. The minimum Gasteiger partial charge on any atom is -0.481 e. The second-order valence-corrected chi connectivity index (χ2v) is 8.22. The van der Waals surface area contributed by atoms with E-state index in [2.05, 4.69) is 10.3 Å². The van der Waals surface area contributed by atoms with Crippen molar-refractivity contribution in [1.29, 1.82) is 0 Å². The Morgan fingerprint density at radius 1 is 0.939 bits per heavy atom. The summed E-state index contributed by atoms with van der Waals surface area (Å²) >= 11 is 1.15. The highest BCUT2D eigenvalue weighted by Crippen LogP contribution is 2.29. The van der Waals surface area contributed by atoms with Crippen LogP contribution in [0.1, 0.15) is 21.5 Å². The average Bonchev–Trinajstić information content (AvgIpc) is 3.14. The molecule has 0 aromatic heterocycles. The van der Waals surface area contributed by atoms with Gasteiger partial charge in [-0.1, -0.05) is 60.7 Å². The summed E-state index contributed by atoms with van der Waals surface area (Å²) in [5, 5.41) is 21.3. The third kappa shape index (κ3) is 5.36. The molecular weight excluding hydrogens is 440 g/mol. The number of carboxylic acids is 2. The molecule has 164 valence electrons. The number of rotatable bonds is 6. The molecule has 3 aromatic carbocycles. The van der Waals surface area contributed by atoms with Crippen molar-refractivity contribution in [2.45, 2.75) is 6.42 Å². The number of thioether (sulfide) groups is 1.